The fourth-order valence-electron chi connectivity index (χ4n) is 2.83. The van der Waals surface area contributed by atoms with E-state index in [0.29, 0.717) is 34.7 Å². The quantitative estimate of drug-likeness (QED) is 0.221. The number of benzene rings is 3. The number of hydrogen-bond acceptors (Lipinski definition) is 6. The first kappa shape index (κ1) is 23.4. The van der Waals surface area contributed by atoms with Crippen LogP contribution in [0.4, 0.5) is 5.69 Å². The van der Waals surface area contributed by atoms with E-state index in [-0.39, 0.29) is 12.3 Å². The molecule has 32 heavy (non-hydrogen) atoms. The van der Waals surface area contributed by atoms with Gasteiger partial charge < -0.3 is 14.9 Å². The van der Waals surface area contributed by atoms with Crippen LogP contribution in [0.2, 0.25) is 10.0 Å². The zero-order valence-electron chi connectivity index (χ0n) is 17.3. The summed E-state index contributed by atoms with van der Waals surface area (Å²) in [5, 5.41) is 16.0. The third-order valence-corrected chi connectivity index (χ3v) is 5.04. The van der Waals surface area contributed by atoms with Crippen LogP contribution in [-0.2, 0) is 13.2 Å². The van der Waals surface area contributed by atoms with E-state index in [4.69, 9.17) is 32.7 Å². The van der Waals surface area contributed by atoms with Gasteiger partial charge in [0.05, 0.1) is 29.3 Å². The first-order valence-corrected chi connectivity index (χ1v) is 10.5. The fourth-order valence-corrected chi connectivity index (χ4v) is 3.30. The van der Waals surface area contributed by atoms with E-state index >= 15 is 0 Å². The van der Waals surface area contributed by atoms with Crippen molar-refractivity contribution in [3.63, 3.8) is 0 Å². The second-order valence-corrected chi connectivity index (χ2v) is 7.47. The molecule has 3 aromatic carbocycles. The largest absolute Gasteiger partial charge is 0.490 e. The van der Waals surface area contributed by atoms with Crippen molar-refractivity contribution in [1.82, 2.24) is 5.43 Å². The van der Waals surface area contributed by atoms with Crippen LogP contribution >= 0.6 is 23.2 Å². The maximum atomic E-state index is 10.8. The van der Waals surface area contributed by atoms with Crippen molar-refractivity contribution >= 4 is 35.1 Å². The van der Waals surface area contributed by atoms with E-state index in [2.05, 4.69) is 10.5 Å². The maximum Gasteiger partial charge on any atom is 0.269 e. The van der Waals surface area contributed by atoms with Crippen molar-refractivity contribution in [3.05, 3.63) is 97.5 Å². The molecule has 0 aromatic heterocycles. The summed E-state index contributed by atoms with van der Waals surface area (Å²) in [5.74, 6) is 0.877. The summed E-state index contributed by atoms with van der Waals surface area (Å²) in [5.41, 5.74) is 5.42. The van der Waals surface area contributed by atoms with Crippen LogP contribution in [0.5, 0.6) is 11.5 Å². The normalized spacial score (nSPS) is 10.8. The van der Waals surface area contributed by atoms with Crippen molar-refractivity contribution in [2.24, 2.45) is 5.10 Å². The molecule has 9 heteroatoms. The number of nitrogens with zero attached hydrogens (tertiary/aromatic N) is 2. The van der Waals surface area contributed by atoms with Crippen molar-refractivity contribution in [3.8, 4) is 11.5 Å². The van der Waals surface area contributed by atoms with Gasteiger partial charge in [0.1, 0.15) is 6.61 Å². The molecule has 0 aliphatic heterocycles. The van der Waals surface area contributed by atoms with Gasteiger partial charge in [-0.1, -0.05) is 41.4 Å². The standard InChI is InChI=1S/C23H21Cl2N3O4/c1-2-31-22-12-17(13-26-27-14-18-5-3-4-6-20(18)24)11-21(25)23(22)32-15-16-7-9-19(10-8-16)28(29)30/h3-13,27H,2,14-15H2,1H3/b26-13-. The van der Waals surface area contributed by atoms with Crippen molar-refractivity contribution in [1.29, 1.82) is 0 Å². The monoisotopic (exact) mass is 473 g/mol. The van der Waals surface area contributed by atoms with Gasteiger partial charge in [-0.05, 0) is 53.9 Å². The Bertz CT molecular complexity index is 1100. The van der Waals surface area contributed by atoms with Crippen LogP contribution in [0.3, 0.4) is 0 Å². The average Bonchev–Trinajstić information content (AvgIpc) is 2.78. The van der Waals surface area contributed by atoms with Crippen LogP contribution in [0, 0.1) is 10.1 Å². The summed E-state index contributed by atoms with van der Waals surface area (Å²) >= 11 is 12.6. The lowest BCUT2D eigenvalue weighted by Gasteiger charge is -2.14. The highest BCUT2D eigenvalue weighted by atomic mass is 35.5. The summed E-state index contributed by atoms with van der Waals surface area (Å²) in [7, 11) is 0. The van der Waals surface area contributed by atoms with Gasteiger partial charge in [0, 0.05) is 17.2 Å². The number of rotatable bonds is 10. The van der Waals surface area contributed by atoms with E-state index < -0.39 is 4.92 Å². The number of nitro groups is 1. The highest BCUT2D eigenvalue weighted by Gasteiger charge is 2.13. The van der Waals surface area contributed by atoms with Gasteiger partial charge in [-0.15, -0.1) is 0 Å². The average molecular weight is 474 g/mol. The molecular formula is C23H21Cl2N3O4. The molecule has 0 atom stereocenters. The van der Waals surface area contributed by atoms with E-state index in [1.165, 1.54) is 12.1 Å². The highest BCUT2D eigenvalue weighted by molar-refractivity contribution is 6.32. The zero-order chi connectivity index (χ0) is 22.9. The summed E-state index contributed by atoms with van der Waals surface area (Å²) in [6.45, 7) is 2.96. The minimum absolute atomic E-state index is 0.0218. The van der Waals surface area contributed by atoms with Crippen molar-refractivity contribution < 1.29 is 14.4 Å². The molecule has 0 aliphatic rings. The Kier molecular flexibility index (Phi) is 8.30. The van der Waals surface area contributed by atoms with Gasteiger partial charge in [0.25, 0.3) is 5.69 Å². The summed E-state index contributed by atoms with van der Waals surface area (Å²) in [6.07, 6.45) is 1.63. The van der Waals surface area contributed by atoms with Gasteiger partial charge >= 0.3 is 0 Å². The minimum atomic E-state index is -0.446. The molecule has 0 fully saturated rings. The van der Waals surface area contributed by atoms with Crippen LogP contribution in [0.15, 0.2) is 65.8 Å². The third-order valence-electron chi connectivity index (χ3n) is 4.39. The molecule has 3 rings (SSSR count). The Hall–Kier alpha value is -3.29. The van der Waals surface area contributed by atoms with Crippen molar-refractivity contribution in [2.45, 2.75) is 20.1 Å². The van der Waals surface area contributed by atoms with Gasteiger partial charge in [-0.2, -0.15) is 5.10 Å². The van der Waals surface area contributed by atoms with Gasteiger partial charge in [0.2, 0.25) is 0 Å². The molecule has 0 aliphatic carbocycles. The Morgan fingerprint density at radius 2 is 1.81 bits per heavy atom. The van der Waals surface area contributed by atoms with Crippen LogP contribution < -0.4 is 14.9 Å². The fraction of sp³-hybridized carbons (Fsp3) is 0.174. The summed E-state index contributed by atoms with van der Waals surface area (Å²) < 4.78 is 11.5. The van der Waals surface area contributed by atoms with Crippen LogP contribution in [-0.4, -0.2) is 17.7 Å². The molecule has 0 saturated carbocycles. The molecule has 0 heterocycles. The number of halogens is 2. The van der Waals surface area contributed by atoms with Gasteiger partial charge in [0.15, 0.2) is 11.5 Å². The Labute approximate surface area is 195 Å². The topological polar surface area (TPSA) is 86.0 Å². The summed E-state index contributed by atoms with van der Waals surface area (Å²) in [4.78, 5) is 10.3. The molecule has 7 nitrogen and oxygen atoms in total. The second kappa shape index (κ2) is 11.4. The number of ether oxygens (including phenoxy) is 2. The zero-order valence-corrected chi connectivity index (χ0v) is 18.8. The predicted octanol–water partition coefficient (Wildman–Crippen LogP) is 6.00. The SMILES string of the molecule is CCOc1cc(/C=N\NCc2ccccc2Cl)cc(Cl)c1OCc1ccc([N+](=O)[O-])cc1. The molecule has 166 valence electrons. The maximum absolute atomic E-state index is 10.8. The summed E-state index contributed by atoms with van der Waals surface area (Å²) in [6, 6.07) is 17.2. The smallest absolute Gasteiger partial charge is 0.269 e. The molecule has 0 spiro atoms. The number of nitro benzene ring substituents is 1. The highest BCUT2D eigenvalue weighted by Crippen LogP contribution is 2.37. The third kappa shape index (κ3) is 6.35. The first-order chi connectivity index (χ1) is 15.5. The Morgan fingerprint density at radius 1 is 1.06 bits per heavy atom. The van der Waals surface area contributed by atoms with E-state index in [0.717, 1.165) is 16.7 Å². The van der Waals surface area contributed by atoms with Crippen LogP contribution in [0.1, 0.15) is 23.6 Å². The number of non-ortho nitro benzene ring substituents is 1. The number of nitrogens with one attached hydrogen (secondary N) is 1. The number of hydrazone groups is 1. The molecule has 0 amide bonds. The molecule has 0 radical (unpaired) electrons. The molecule has 0 saturated heterocycles. The molecular weight excluding hydrogens is 453 g/mol. The Balaban J connectivity index is 1.68. The molecule has 3 aromatic rings. The minimum Gasteiger partial charge on any atom is -0.490 e. The molecule has 1 N–H and O–H groups in total. The lowest BCUT2D eigenvalue weighted by molar-refractivity contribution is -0.384. The van der Waals surface area contributed by atoms with Gasteiger partial charge in [-0.3, -0.25) is 10.1 Å². The molecule has 0 bridgehead atoms. The van der Waals surface area contributed by atoms with E-state index in [9.17, 15) is 10.1 Å². The van der Waals surface area contributed by atoms with E-state index in [1.807, 2.05) is 31.2 Å². The second-order valence-electron chi connectivity index (χ2n) is 6.66. The molecule has 0 unspecified atom stereocenters. The predicted molar refractivity (Wildman–Crippen MR) is 126 cm³/mol. The number of hydrogen-bond donors (Lipinski definition) is 1. The van der Waals surface area contributed by atoms with Crippen molar-refractivity contribution in [2.75, 3.05) is 6.61 Å². The van der Waals surface area contributed by atoms with Gasteiger partial charge in [-0.25, -0.2) is 0 Å². The Morgan fingerprint density at radius 3 is 2.50 bits per heavy atom. The first-order valence-electron chi connectivity index (χ1n) is 9.79. The van der Waals surface area contributed by atoms with E-state index in [1.54, 1.807) is 30.5 Å². The lowest BCUT2D eigenvalue weighted by atomic mass is 10.2. The van der Waals surface area contributed by atoms with Crippen LogP contribution in [0.25, 0.3) is 0 Å². The lowest BCUT2D eigenvalue weighted by Crippen LogP contribution is -2.06.